The van der Waals surface area contributed by atoms with Crippen molar-refractivity contribution in [1.82, 2.24) is 4.57 Å². The summed E-state index contributed by atoms with van der Waals surface area (Å²) in [6.45, 7) is 4.72. The summed E-state index contributed by atoms with van der Waals surface area (Å²) in [4.78, 5) is 2.43. The van der Waals surface area contributed by atoms with E-state index in [1.807, 2.05) is 0 Å². The van der Waals surface area contributed by atoms with Crippen LogP contribution in [0.25, 0.3) is 44.9 Å². The zero-order valence-electron chi connectivity index (χ0n) is 30.4. The van der Waals surface area contributed by atoms with Crippen LogP contribution in [0.3, 0.4) is 0 Å². The van der Waals surface area contributed by atoms with Crippen LogP contribution in [0.4, 0.5) is 17.1 Å². The lowest BCUT2D eigenvalue weighted by atomic mass is 9.82. The van der Waals surface area contributed by atoms with Crippen LogP contribution in [0.5, 0.6) is 0 Å². The monoisotopic (exact) mass is 682 g/mol. The maximum absolute atomic E-state index is 2.46. The van der Waals surface area contributed by atoms with Gasteiger partial charge in [0.1, 0.15) is 0 Å². The van der Waals surface area contributed by atoms with Crippen molar-refractivity contribution in [3.05, 3.63) is 197 Å². The Bertz CT molecular complexity index is 2610. The van der Waals surface area contributed by atoms with Crippen LogP contribution in [0.15, 0.2) is 164 Å². The summed E-state index contributed by atoms with van der Waals surface area (Å²) in [5.74, 6) is 0. The quantitative estimate of drug-likeness (QED) is 0.169. The van der Waals surface area contributed by atoms with Crippen molar-refractivity contribution in [2.45, 2.75) is 44.9 Å². The maximum Gasteiger partial charge on any atom is 0.0537 e. The standard InChI is InChI=1S/C51H42N2/c1-51(2)47-19-11-9-17-43(47)44-31-30-42(34-48(44)51)52(40-26-21-36(22-27-40)35-13-5-3-6-14-35)41-28-23-37(24-29-41)38-25-32-50-46(33-38)45-18-10-12-20-49(45)53(50)39-15-7-4-8-16-39/h4-5,7-24,26-31,33-34H,3,6,25,32H2,1-2H3. The fourth-order valence-electron chi connectivity index (χ4n) is 9.06. The van der Waals surface area contributed by atoms with E-state index < -0.39 is 0 Å². The van der Waals surface area contributed by atoms with Crippen LogP contribution in [-0.2, 0) is 11.8 Å². The summed E-state index contributed by atoms with van der Waals surface area (Å²) < 4.78 is 2.46. The third-order valence-corrected chi connectivity index (χ3v) is 11.8. The Hall–Kier alpha value is -6.12. The number of fused-ring (bicyclic) bond motifs is 6. The van der Waals surface area contributed by atoms with Crippen LogP contribution in [-0.4, -0.2) is 4.57 Å². The molecule has 7 aromatic rings. The first-order valence-corrected chi connectivity index (χ1v) is 19.0. The average Bonchev–Trinajstić information content (AvgIpc) is 3.67. The predicted molar refractivity (Wildman–Crippen MR) is 225 cm³/mol. The van der Waals surface area contributed by atoms with Gasteiger partial charge >= 0.3 is 0 Å². The molecule has 0 amide bonds. The van der Waals surface area contributed by atoms with Gasteiger partial charge in [-0.15, -0.1) is 0 Å². The van der Waals surface area contributed by atoms with Crippen molar-refractivity contribution < 1.29 is 0 Å². The number of hydrogen-bond donors (Lipinski definition) is 0. The van der Waals surface area contributed by atoms with E-state index in [2.05, 4.69) is 193 Å². The van der Waals surface area contributed by atoms with Gasteiger partial charge in [0.2, 0.25) is 0 Å². The van der Waals surface area contributed by atoms with E-state index in [-0.39, 0.29) is 5.41 Å². The molecule has 0 spiro atoms. The van der Waals surface area contributed by atoms with E-state index in [0.29, 0.717) is 0 Å². The second kappa shape index (κ2) is 12.5. The summed E-state index contributed by atoms with van der Waals surface area (Å²) in [5, 5.41) is 1.32. The number of allylic oxidation sites excluding steroid dienone is 5. The Kier molecular flexibility index (Phi) is 7.47. The molecule has 2 heteroatoms. The first kappa shape index (κ1) is 31.6. The van der Waals surface area contributed by atoms with Gasteiger partial charge in [-0.3, -0.25) is 0 Å². The van der Waals surface area contributed by atoms with Gasteiger partial charge in [-0.1, -0.05) is 123 Å². The van der Waals surface area contributed by atoms with Gasteiger partial charge in [0.05, 0.1) is 5.52 Å². The van der Waals surface area contributed by atoms with Crippen LogP contribution < -0.4 is 4.90 Å². The molecular weight excluding hydrogens is 641 g/mol. The number of benzene rings is 6. The first-order chi connectivity index (χ1) is 26.0. The number of hydrogen-bond acceptors (Lipinski definition) is 1. The van der Waals surface area contributed by atoms with Crippen LogP contribution in [0.2, 0.25) is 0 Å². The molecular formula is C51H42N2. The molecule has 0 atom stereocenters. The minimum Gasteiger partial charge on any atom is -0.313 e. The second-order valence-corrected chi connectivity index (χ2v) is 15.2. The van der Waals surface area contributed by atoms with Gasteiger partial charge in [-0.05, 0) is 131 Å². The SMILES string of the molecule is CC1(C)c2ccccc2-c2ccc(N(c3ccc(C4=CCCC=C4)cc3)c3ccc(C4=Cc5c(n(-c6ccccc6)c6ccccc56)CC4)cc3)cc21. The third kappa shape index (κ3) is 5.24. The molecule has 0 radical (unpaired) electrons. The van der Waals surface area contributed by atoms with Crippen LogP contribution in [0.1, 0.15) is 66.6 Å². The highest BCUT2D eigenvalue weighted by molar-refractivity contribution is 5.99. The number of aromatic nitrogens is 1. The topological polar surface area (TPSA) is 8.17 Å². The third-order valence-electron chi connectivity index (χ3n) is 11.8. The molecule has 1 aromatic heterocycles. The lowest BCUT2D eigenvalue weighted by Crippen LogP contribution is -2.16. The van der Waals surface area contributed by atoms with Crippen molar-refractivity contribution in [3.8, 4) is 16.8 Å². The minimum absolute atomic E-state index is 0.0724. The van der Waals surface area contributed by atoms with E-state index in [0.717, 1.165) is 37.1 Å². The molecule has 3 aliphatic rings. The predicted octanol–water partition coefficient (Wildman–Crippen LogP) is 13.6. The Balaban J connectivity index is 1.05. The number of rotatable bonds is 6. The zero-order valence-corrected chi connectivity index (χ0v) is 30.4. The van der Waals surface area contributed by atoms with E-state index in [9.17, 15) is 0 Å². The fourth-order valence-corrected chi connectivity index (χ4v) is 9.06. The molecule has 0 saturated heterocycles. The molecule has 256 valence electrons. The van der Waals surface area contributed by atoms with E-state index in [4.69, 9.17) is 0 Å². The molecule has 0 unspecified atom stereocenters. The maximum atomic E-state index is 2.46. The van der Waals surface area contributed by atoms with E-state index in [1.165, 1.54) is 78.1 Å². The molecule has 0 fully saturated rings. The van der Waals surface area contributed by atoms with Crippen molar-refractivity contribution in [2.75, 3.05) is 4.90 Å². The summed E-state index contributed by atoms with van der Waals surface area (Å²) >= 11 is 0. The molecule has 53 heavy (non-hydrogen) atoms. The Morgan fingerprint density at radius 1 is 0.585 bits per heavy atom. The van der Waals surface area contributed by atoms with Gasteiger partial charge < -0.3 is 9.47 Å². The molecule has 0 aliphatic heterocycles. The van der Waals surface area contributed by atoms with Gasteiger partial charge in [-0.25, -0.2) is 0 Å². The summed E-state index contributed by atoms with van der Waals surface area (Å²) in [5.41, 5.74) is 19.4. The van der Waals surface area contributed by atoms with Gasteiger partial charge in [0, 0.05) is 44.8 Å². The molecule has 0 N–H and O–H groups in total. The van der Waals surface area contributed by atoms with Gasteiger partial charge in [-0.2, -0.15) is 0 Å². The van der Waals surface area contributed by atoms with Gasteiger partial charge in [0.25, 0.3) is 0 Å². The van der Waals surface area contributed by atoms with Crippen molar-refractivity contribution in [2.24, 2.45) is 0 Å². The van der Waals surface area contributed by atoms with E-state index in [1.54, 1.807) is 0 Å². The summed E-state index contributed by atoms with van der Waals surface area (Å²) in [6.07, 6.45) is 13.6. The Morgan fingerprint density at radius 2 is 1.26 bits per heavy atom. The molecule has 1 heterocycles. The molecule has 6 aromatic carbocycles. The lowest BCUT2D eigenvalue weighted by molar-refractivity contribution is 0.660. The second-order valence-electron chi connectivity index (χ2n) is 15.2. The number of para-hydroxylation sites is 2. The number of anilines is 3. The molecule has 3 aliphatic carbocycles. The summed E-state index contributed by atoms with van der Waals surface area (Å²) in [6, 6.07) is 54.0. The Morgan fingerprint density at radius 3 is 2.04 bits per heavy atom. The fraction of sp³-hybridized carbons (Fsp3) is 0.137. The Labute approximate surface area is 312 Å². The van der Waals surface area contributed by atoms with Crippen LogP contribution >= 0.6 is 0 Å². The highest BCUT2D eigenvalue weighted by Gasteiger charge is 2.35. The highest BCUT2D eigenvalue weighted by atomic mass is 15.1. The van der Waals surface area contributed by atoms with Crippen molar-refractivity contribution >= 4 is 45.2 Å². The molecule has 10 rings (SSSR count). The van der Waals surface area contributed by atoms with Crippen LogP contribution in [0, 0.1) is 0 Å². The largest absolute Gasteiger partial charge is 0.313 e. The molecule has 2 nitrogen and oxygen atoms in total. The smallest absolute Gasteiger partial charge is 0.0537 e. The van der Waals surface area contributed by atoms with Crippen molar-refractivity contribution in [1.29, 1.82) is 0 Å². The average molecular weight is 683 g/mol. The van der Waals surface area contributed by atoms with Crippen molar-refractivity contribution in [3.63, 3.8) is 0 Å². The zero-order chi connectivity index (χ0) is 35.5. The molecule has 0 bridgehead atoms. The lowest BCUT2D eigenvalue weighted by Gasteiger charge is -2.28. The highest BCUT2D eigenvalue weighted by Crippen LogP contribution is 2.51. The van der Waals surface area contributed by atoms with E-state index >= 15 is 0 Å². The minimum atomic E-state index is -0.0724. The summed E-state index contributed by atoms with van der Waals surface area (Å²) in [7, 11) is 0. The molecule has 0 saturated carbocycles. The number of nitrogens with zero attached hydrogens (tertiary/aromatic N) is 2. The first-order valence-electron chi connectivity index (χ1n) is 19.0. The van der Waals surface area contributed by atoms with Gasteiger partial charge in [0.15, 0.2) is 0 Å². The normalized spacial score (nSPS) is 15.4.